The first kappa shape index (κ1) is 23.4. The highest BCUT2D eigenvalue weighted by Gasteiger charge is 2.23. The number of aromatic nitrogens is 2. The van der Waals surface area contributed by atoms with Gasteiger partial charge in [0.2, 0.25) is 17.6 Å². The van der Waals surface area contributed by atoms with Crippen LogP contribution in [0.25, 0.3) is 11.4 Å². The lowest BCUT2D eigenvalue weighted by molar-refractivity contribution is -0.908. The van der Waals surface area contributed by atoms with Crippen molar-refractivity contribution in [3.8, 4) is 11.4 Å². The zero-order valence-electron chi connectivity index (χ0n) is 19.4. The fraction of sp³-hybridized carbons (Fsp3) is 0.625. The average Bonchev–Trinajstić information content (AvgIpc) is 3.19. The second kappa shape index (κ2) is 10.9. The van der Waals surface area contributed by atoms with Crippen LogP contribution in [0.5, 0.6) is 0 Å². The Labute approximate surface area is 185 Å². The van der Waals surface area contributed by atoms with Crippen LogP contribution in [0.3, 0.4) is 0 Å². The van der Waals surface area contributed by atoms with E-state index in [9.17, 15) is 4.79 Å². The Morgan fingerprint density at radius 1 is 1.13 bits per heavy atom. The summed E-state index contributed by atoms with van der Waals surface area (Å²) in [6.45, 7) is 14.6. The van der Waals surface area contributed by atoms with Crippen molar-refractivity contribution in [1.29, 1.82) is 0 Å². The van der Waals surface area contributed by atoms with Gasteiger partial charge in [0.05, 0.1) is 19.8 Å². The van der Waals surface area contributed by atoms with Crippen molar-refractivity contribution < 1.29 is 19.0 Å². The van der Waals surface area contributed by atoms with Crippen LogP contribution in [-0.4, -0.2) is 66.9 Å². The van der Waals surface area contributed by atoms with Crippen molar-refractivity contribution in [1.82, 2.24) is 15.0 Å². The summed E-state index contributed by atoms with van der Waals surface area (Å²) in [6, 6.07) is 8.07. The lowest BCUT2D eigenvalue weighted by Gasteiger charge is -2.28. The normalized spacial score (nSPS) is 15.2. The number of rotatable bonds is 9. The van der Waals surface area contributed by atoms with E-state index in [1.54, 1.807) is 4.90 Å². The largest absolute Gasteiger partial charge is 0.370 e. The number of carbonyl (C=O) groups excluding carboxylic acids is 1. The Hall–Kier alpha value is -2.25. The van der Waals surface area contributed by atoms with Gasteiger partial charge in [0.1, 0.15) is 13.1 Å². The van der Waals surface area contributed by atoms with Gasteiger partial charge in [0, 0.05) is 37.9 Å². The molecule has 1 aromatic heterocycles. The first-order valence-electron chi connectivity index (χ1n) is 11.4. The summed E-state index contributed by atoms with van der Waals surface area (Å²) in [4.78, 5) is 21.0. The molecule has 1 saturated heterocycles. The fourth-order valence-corrected chi connectivity index (χ4v) is 3.76. The third-order valence-electron chi connectivity index (χ3n) is 5.57. The molecule has 2 aromatic rings. The Kier molecular flexibility index (Phi) is 8.21. The van der Waals surface area contributed by atoms with Gasteiger partial charge in [-0.3, -0.25) is 4.79 Å². The molecular weight excluding hydrogens is 392 g/mol. The predicted molar refractivity (Wildman–Crippen MR) is 120 cm³/mol. The van der Waals surface area contributed by atoms with E-state index in [4.69, 9.17) is 9.26 Å². The average molecular weight is 430 g/mol. The number of hydrogen-bond donors (Lipinski definition) is 1. The van der Waals surface area contributed by atoms with Crippen molar-refractivity contribution in [3.05, 3.63) is 35.7 Å². The van der Waals surface area contributed by atoms with Gasteiger partial charge in [-0.25, -0.2) is 0 Å². The van der Waals surface area contributed by atoms with E-state index in [1.807, 2.05) is 29.2 Å². The molecule has 1 aliphatic rings. The number of carbonyl (C=O) groups is 1. The maximum Gasteiger partial charge on any atom is 0.228 e. The van der Waals surface area contributed by atoms with Crippen LogP contribution in [0.1, 0.15) is 45.1 Å². The second-order valence-corrected chi connectivity index (χ2v) is 9.71. The third-order valence-corrected chi connectivity index (χ3v) is 5.57. The molecular formula is C24H37N4O3+. The second-order valence-electron chi connectivity index (χ2n) is 9.71. The van der Waals surface area contributed by atoms with Gasteiger partial charge in [-0.1, -0.05) is 55.8 Å². The molecule has 0 radical (unpaired) electrons. The van der Waals surface area contributed by atoms with Gasteiger partial charge in [-0.05, 0) is 12.3 Å². The van der Waals surface area contributed by atoms with Crippen molar-refractivity contribution in [2.45, 2.75) is 47.0 Å². The molecule has 0 bridgehead atoms. The minimum absolute atomic E-state index is 0.0338. The van der Waals surface area contributed by atoms with Crippen LogP contribution in [0.2, 0.25) is 0 Å². The first-order valence-corrected chi connectivity index (χ1v) is 11.4. The lowest BCUT2D eigenvalue weighted by atomic mass is 9.91. The molecule has 0 atom stereocenters. The van der Waals surface area contributed by atoms with Crippen molar-refractivity contribution in [2.24, 2.45) is 5.41 Å². The topological polar surface area (TPSA) is 72.9 Å². The highest BCUT2D eigenvalue weighted by atomic mass is 16.5. The molecule has 0 unspecified atom stereocenters. The zero-order valence-corrected chi connectivity index (χ0v) is 19.4. The molecule has 0 saturated carbocycles. The van der Waals surface area contributed by atoms with Crippen molar-refractivity contribution in [2.75, 3.05) is 45.9 Å². The molecule has 1 N–H and O–H groups in total. The summed E-state index contributed by atoms with van der Waals surface area (Å²) < 4.78 is 10.9. The highest BCUT2D eigenvalue weighted by molar-refractivity contribution is 5.76. The maximum atomic E-state index is 13.0. The van der Waals surface area contributed by atoms with E-state index in [0.29, 0.717) is 31.1 Å². The third kappa shape index (κ3) is 7.74. The number of hydrogen-bond acceptors (Lipinski definition) is 5. The van der Waals surface area contributed by atoms with Gasteiger partial charge in [-0.2, -0.15) is 4.98 Å². The molecule has 1 amide bonds. The monoisotopic (exact) mass is 429 g/mol. The van der Waals surface area contributed by atoms with E-state index >= 15 is 0 Å². The molecule has 31 heavy (non-hydrogen) atoms. The SMILES string of the molecule is Cc1ccc(-c2noc(CCN(CCC[NH+]3CCOCC3)C(=O)CC(C)(C)C)n2)cc1. The summed E-state index contributed by atoms with van der Waals surface area (Å²) in [5, 5.41) is 4.12. The lowest BCUT2D eigenvalue weighted by Crippen LogP contribution is -3.14. The van der Waals surface area contributed by atoms with Crippen LogP contribution in [-0.2, 0) is 16.0 Å². The minimum Gasteiger partial charge on any atom is -0.370 e. The van der Waals surface area contributed by atoms with E-state index in [-0.39, 0.29) is 11.3 Å². The number of morpholine rings is 1. The van der Waals surface area contributed by atoms with E-state index in [1.165, 1.54) is 5.56 Å². The quantitative estimate of drug-likeness (QED) is 0.661. The number of amides is 1. The summed E-state index contributed by atoms with van der Waals surface area (Å²) >= 11 is 0. The van der Waals surface area contributed by atoms with Gasteiger partial charge in [0.15, 0.2) is 0 Å². The van der Waals surface area contributed by atoms with Crippen molar-refractivity contribution >= 4 is 5.91 Å². The number of nitrogens with zero attached hydrogens (tertiary/aromatic N) is 3. The Morgan fingerprint density at radius 3 is 2.52 bits per heavy atom. The van der Waals surface area contributed by atoms with Crippen LogP contribution in [0.15, 0.2) is 28.8 Å². The molecule has 170 valence electrons. The number of ether oxygens (including phenoxy) is 1. The van der Waals surface area contributed by atoms with Crippen LogP contribution in [0.4, 0.5) is 0 Å². The summed E-state index contributed by atoms with van der Waals surface area (Å²) in [5.41, 5.74) is 2.10. The van der Waals surface area contributed by atoms with Gasteiger partial charge >= 0.3 is 0 Å². The molecule has 7 nitrogen and oxygen atoms in total. The number of benzene rings is 1. The molecule has 3 rings (SSSR count). The fourth-order valence-electron chi connectivity index (χ4n) is 3.76. The number of aryl methyl sites for hydroxylation is 1. The zero-order chi connectivity index (χ0) is 22.3. The van der Waals surface area contributed by atoms with Gasteiger partial charge in [-0.15, -0.1) is 0 Å². The molecule has 1 aliphatic heterocycles. The van der Waals surface area contributed by atoms with E-state index in [0.717, 1.165) is 51.4 Å². The summed E-state index contributed by atoms with van der Waals surface area (Å²) in [6.07, 6.45) is 2.10. The molecule has 7 heteroatoms. The van der Waals surface area contributed by atoms with Crippen LogP contribution >= 0.6 is 0 Å². The van der Waals surface area contributed by atoms with Gasteiger partial charge < -0.3 is 19.1 Å². The van der Waals surface area contributed by atoms with E-state index < -0.39 is 0 Å². The highest BCUT2D eigenvalue weighted by Crippen LogP contribution is 2.20. The standard InChI is InChI=1S/C24H36N4O3/c1-19-6-8-20(9-7-19)23-25-21(31-26-23)10-13-28(22(29)18-24(2,3)4)12-5-11-27-14-16-30-17-15-27/h6-9H,5,10-18H2,1-4H3/p+1. The number of nitrogens with one attached hydrogen (secondary N) is 1. The predicted octanol–water partition coefficient (Wildman–Crippen LogP) is 2.16. The van der Waals surface area contributed by atoms with Crippen LogP contribution < -0.4 is 4.90 Å². The smallest absolute Gasteiger partial charge is 0.228 e. The molecule has 2 heterocycles. The molecule has 1 aromatic carbocycles. The summed E-state index contributed by atoms with van der Waals surface area (Å²) in [7, 11) is 0. The van der Waals surface area contributed by atoms with Crippen LogP contribution in [0, 0.1) is 12.3 Å². The maximum absolute atomic E-state index is 13.0. The molecule has 0 spiro atoms. The Bertz CT molecular complexity index is 820. The first-order chi connectivity index (χ1) is 14.8. The summed E-state index contributed by atoms with van der Waals surface area (Å²) in [5.74, 6) is 1.36. The van der Waals surface area contributed by atoms with Gasteiger partial charge in [0.25, 0.3) is 0 Å². The number of quaternary nitrogens is 1. The Balaban J connectivity index is 1.56. The minimum atomic E-state index is -0.0338. The van der Waals surface area contributed by atoms with Crippen molar-refractivity contribution in [3.63, 3.8) is 0 Å². The molecule has 1 fully saturated rings. The molecule has 0 aliphatic carbocycles. The van der Waals surface area contributed by atoms with E-state index in [2.05, 4.69) is 37.8 Å². The Morgan fingerprint density at radius 2 is 1.84 bits per heavy atom.